The largest absolute Gasteiger partial charge is 0.493 e. The van der Waals surface area contributed by atoms with Crippen molar-refractivity contribution < 1.29 is 19.1 Å². The van der Waals surface area contributed by atoms with Gasteiger partial charge in [-0.1, -0.05) is 6.07 Å². The number of methoxy groups -OCH3 is 2. The van der Waals surface area contributed by atoms with Gasteiger partial charge in [-0.2, -0.15) is 0 Å². The Morgan fingerprint density at radius 1 is 1.26 bits per heavy atom. The van der Waals surface area contributed by atoms with Crippen molar-refractivity contribution >= 4 is 12.2 Å². The number of benzene rings is 1. The first kappa shape index (κ1) is 15.0. The molecule has 0 N–H and O–H groups in total. The van der Waals surface area contributed by atoms with E-state index in [2.05, 4.69) is 0 Å². The van der Waals surface area contributed by atoms with Gasteiger partial charge >= 0.3 is 0 Å². The summed E-state index contributed by atoms with van der Waals surface area (Å²) in [5.74, 6) is 1.26. The van der Waals surface area contributed by atoms with Gasteiger partial charge in [-0.15, -0.1) is 0 Å². The summed E-state index contributed by atoms with van der Waals surface area (Å²) in [6, 6.07) is 5.56. The number of amides is 1. The fraction of sp³-hybridized carbons (Fsp3) is 0.429. The average molecular weight is 265 g/mol. The molecule has 0 aromatic heterocycles. The number of rotatable bonds is 7. The molecular formula is C14H19NO4. The van der Waals surface area contributed by atoms with E-state index < -0.39 is 0 Å². The molecule has 0 aliphatic heterocycles. The molecule has 0 spiro atoms. The van der Waals surface area contributed by atoms with Crippen LogP contribution >= 0.6 is 0 Å². The Kier molecular flexibility index (Phi) is 5.85. The second-order valence-corrected chi connectivity index (χ2v) is 4.13. The third kappa shape index (κ3) is 4.28. The molecule has 0 fully saturated rings. The topological polar surface area (TPSA) is 55.8 Å². The lowest BCUT2D eigenvalue weighted by atomic mass is 10.1. The number of hydrogen-bond acceptors (Lipinski definition) is 4. The van der Waals surface area contributed by atoms with Crippen molar-refractivity contribution in [2.45, 2.75) is 12.8 Å². The fourth-order valence-corrected chi connectivity index (χ4v) is 1.69. The summed E-state index contributed by atoms with van der Waals surface area (Å²) in [6.45, 7) is 0.130. The van der Waals surface area contributed by atoms with Gasteiger partial charge in [0, 0.05) is 13.5 Å². The number of nitrogens with zero attached hydrogens (tertiary/aromatic N) is 1. The average Bonchev–Trinajstić information content (AvgIpc) is 2.44. The molecule has 0 unspecified atom stereocenters. The summed E-state index contributed by atoms with van der Waals surface area (Å²) in [4.78, 5) is 23.4. The van der Waals surface area contributed by atoms with Gasteiger partial charge in [0.15, 0.2) is 11.5 Å². The van der Waals surface area contributed by atoms with Crippen LogP contribution in [0.5, 0.6) is 11.5 Å². The highest BCUT2D eigenvalue weighted by molar-refractivity contribution is 5.78. The number of carbonyl (C=O) groups excluding carboxylic acids is 2. The highest BCUT2D eigenvalue weighted by Gasteiger charge is 2.09. The van der Waals surface area contributed by atoms with E-state index in [9.17, 15) is 9.59 Å². The molecule has 1 aromatic rings. The number of carbonyl (C=O) groups is 2. The van der Waals surface area contributed by atoms with Crippen LogP contribution in [0.1, 0.15) is 12.0 Å². The Morgan fingerprint density at radius 2 is 1.95 bits per heavy atom. The Labute approximate surface area is 113 Å². The predicted molar refractivity (Wildman–Crippen MR) is 71.6 cm³/mol. The van der Waals surface area contributed by atoms with Crippen LogP contribution in [0.15, 0.2) is 18.2 Å². The summed E-state index contributed by atoms with van der Waals surface area (Å²) < 4.78 is 10.4. The number of likely N-dealkylation sites (N-methyl/N-ethyl adjacent to an activating group) is 1. The van der Waals surface area contributed by atoms with E-state index in [0.717, 1.165) is 5.56 Å². The van der Waals surface area contributed by atoms with Gasteiger partial charge < -0.3 is 19.2 Å². The van der Waals surface area contributed by atoms with Crippen molar-refractivity contribution in [1.29, 1.82) is 0 Å². The Bertz CT molecular complexity index is 445. The van der Waals surface area contributed by atoms with E-state index in [-0.39, 0.29) is 12.5 Å². The standard InChI is InChI=1S/C14H19NO4/c1-15(8-9-16)14(17)7-5-11-4-6-12(18-2)13(10-11)19-3/h4,6,9-10H,5,7-8H2,1-3H3. The van der Waals surface area contributed by atoms with Crippen LogP contribution in [0.3, 0.4) is 0 Å². The second-order valence-electron chi connectivity index (χ2n) is 4.13. The zero-order chi connectivity index (χ0) is 14.3. The second kappa shape index (κ2) is 7.41. The van der Waals surface area contributed by atoms with Crippen LogP contribution in [0, 0.1) is 0 Å². The molecule has 0 saturated heterocycles. The van der Waals surface area contributed by atoms with Gasteiger partial charge in [0.2, 0.25) is 5.91 Å². The number of hydrogen-bond donors (Lipinski definition) is 0. The van der Waals surface area contributed by atoms with E-state index >= 15 is 0 Å². The van der Waals surface area contributed by atoms with Crippen LogP contribution in [-0.4, -0.2) is 44.9 Å². The lowest BCUT2D eigenvalue weighted by Gasteiger charge is -2.14. The van der Waals surface area contributed by atoms with E-state index in [1.54, 1.807) is 21.3 Å². The molecule has 5 nitrogen and oxygen atoms in total. The maximum Gasteiger partial charge on any atom is 0.223 e. The lowest BCUT2D eigenvalue weighted by Crippen LogP contribution is -2.28. The molecule has 0 aliphatic carbocycles. The minimum Gasteiger partial charge on any atom is -0.493 e. The summed E-state index contributed by atoms with van der Waals surface area (Å²) in [5.41, 5.74) is 0.991. The Morgan fingerprint density at radius 3 is 2.53 bits per heavy atom. The summed E-state index contributed by atoms with van der Waals surface area (Å²) in [6.07, 6.45) is 1.68. The summed E-state index contributed by atoms with van der Waals surface area (Å²) in [7, 11) is 4.77. The van der Waals surface area contributed by atoms with Crippen LogP contribution in [-0.2, 0) is 16.0 Å². The SMILES string of the molecule is COc1ccc(CCC(=O)N(C)CC=O)cc1OC. The van der Waals surface area contributed by atoms with Crippen LogP contribution in [0.2, 0.25) is 0 Å². The molecule has 19 heavy (non-hydrogen) atoms. The summed E-state index contributed by atoms with van der Waals surface area (Å²) >= 11 is 0. The monoisotopic (exact) mass is 265 g/mol. The fourth-order valence-electron chi connectivity index (χ4n) is 1.69. The molecule has 0 aliphatic rings. The Hall–Kier alpha value is -2.04. The van der Waals surface area contributed by atoms with Crippen molar-refractivity contribution in [3.05, 3.63) is 23.8 Å². The molecular weight excluding hydrogens is 246 g/mol. The van der Waals surface area contributed by atoms with Gasteiger partial charge in [0.05, 0.1) is 20.8 Å². The van der Waals surface area contributed by atoms with Gasteiger partial charge in [-0.3, -0.25) is 4.79 Å². The van der Waals surface area contributed by atoms with Gasteiger partial charge in [-0.05, 0) is 24.1 Å². The molecule has 1 rings (SSSR count). The molecule has 1 amide bonds. The molecule has 0 saturated carbocycles. The molecule has 0 radical (unpaired) electrons. The molecule has 104 valence electrons. The van der Waals surface area contributed by atoms with Crippen LogP contribution in [0.25, 0.3) is 0 Å². The maximum atomic E-state index is 11.7. The smallest absolute Gasteiger partial charge is 0.223 e. The highest BCUT2D eigenvalue weighted by atomic mass is 16.5. The van der Waals surface area contributed by atoms with E-state index in [1.165, 1.54) is 4.90 Å². The number of aryl methyl sites for hydroxylation is 1. The molecule has 0 bridgehead atoms. The highest BCUT2D eigenvalue weighted by Crippen LogP contribution is 2.27. The van der Waals surface area contributed by atoms with Gasteiger partial charge in [0.1, 0.15) is 6.29 Å². The minimum absolute atomic E-state index is 0.0538. The molecule has 0 atom stereocenters. The molecule has 5 heteroatoms. The van der Waals surface area contributed by atoms with Crippen molar-refractivity contribution in [2.24, 2.45) is 0 Å². The quantitative estimate of drug-likeness (QED) is 0.697. The third-order valence-electron chi connectivity index (χ3n) is 2.85. The first-order valence-electron chi connectivity index (χ1n) is 6.01. The minimum atomic E-state index is -0.0538. The first-order chi connectivity index (χ1) is 9.12. The molecule has 0 heterocycles. The maximum absolute atomic E-state index is 11.7. The van der Waals surface area contributed by atoms with Crippen molar-refractivity contribution in [1.82, 2.24) is 4.90 Å². The van der Waals surface area contributed by atoms with Gasteiger partial charge in [0.25, 0.3) is 0 Å². The zero-order valence-electron chi connectivity index (χ0n) is 11.5. The number of ether oxygens (including phenoxy) is 2. The van der Waals surface area contributed by atoms with E-state index in [4.69, 9.17) is 9.47 Å². The predicted octanol–water partition coefficient (Wildman–Crippen LogP) is 1.29. The van der Waals surface area contributed by atoms with E-state index in [1.807, 2.05) is 18.2 Å². The lowest BCUT2D eigenvalue weighted by molar-refractivity contribution is -0.131. The number of aldehydes is 1. The van der Waals surface area contributed by atoms with Crippen molar-refractivity contribution in [2.75, 3.05) is 27.8 Å². The van der Waals surface area contributed by atoms with E-state index in [0.29, 0.717) is 30.6 Å². The van der Waals surface area contributed by atoms with Crippen LogP contribution in [0.4, 0.5) is 0 Å². The molecule has 1 aromatic carbocycles. The van der Waals surface area contributed by atoms with Crippen molar-refractivity contribution in [3.63, 3.8) is 0 Å². The summed E-state index contributed by atoms with van der Waals surface area (Å²) in [5, 5.41) is 0. The zero-order valence-corrected chi connectivity index (χ0v) is 11.5. The normalized spacial score (nSPS) is 9.84. The third-order valence-corrected chi connectivity index (χ3v) is 2.85. The van der Waals surface area contributed by atoms with Crippen molar-refractivity contribution in [3.8, 4) is 11.5 Å². The van der Waals surface area contributed by atoms with Crippen LogP contribution < -0.4 is 9.47 Å². The Balaban J connectivity index is 2.63. The first-order valence-corrected chi connectivity index (χ1v) is 6.01. The van der Waals surface area contributed by atoms with Gasteiger partial charge in [-0.25, -0.2) is 0 Å².